The van der Waals surface area contributed by atoms with Crippen molar-refractivity contribution < 1.29 is 15.3 Å². The van der Waals surface area contributed by atoms with Gasteiger partial charge in [-0.1, -0.05) is 57.9 Å². The Labute approximate surface area is 190 Å². The second kappa shape index (κ2) is 9.53. The Kier molecular flexibility index (Phi) is 7.61. The zero-order valence-electron chi connectivity index (χ0n) is 20.5. The van der Waals surface area contributed by atoms with E-state index in [1.807, 2.05) is 20.8 Å². The van der Waals surface area contributed by atoms with Crippen molar-refractivity contribution in [3.8, 4) is 0 Å². The van der Waals surface area contributed by atoms with Gasteiger partial charge in [0.15, 0.2) is 0 Å². The van der Waals surface area contributed by atoms with Gasteiger partial charge in [0.05, 0.1) is 17.8 Å². The van der Waals surface area contributed by atoms with Crippen molar-refractivity contribution in [2.24, 2.45) is 29.1 Å². The molecule has 3 fully saturated rings. The van der Waals surface area contributed by atoms with Gasteiger partial charge in [0.25, 0.3) is 0 Å². The molecule has 0 amide bonds. The highest BCUT2D eigenvalue weighted by Crippen LogP contribution is 2.60. The lowest BCUT2D eigenvalue weighted by Gasteiger charge is -2.44. The topological polar surface area (TPSA) is 60.7 Å². The first-order chi connectivity index (χ1) is 14.4. The van der Waals surface area contributed by atoms with Crippen molar-refractivity contribution in [1.82, 2.24) is 0 Å². The third kappa shape index (κ3) is 5.37. The molecule has 0 radical (unpaired) electrons. The molecule has 0 unspecified atom stereocenters. The first-order valence-corrected chi connectivity index (χ1v) is 12.6. The van der Waals surface area contributed by atoms with Crippen LogP contribution in [-0.2, 0) is 0 Å². The molecule has 0 saturated heterocycles. The molecule has 3 N–H and O–H groups in total. The van der Waals surface area contributed by atoms with Crippen LogP contribution >= 0.6 is 0 Å². The molecule has 3 heteroatoms. The van der Waals surface area contributed by atoms with Crippen molar-refractivity contribution in [2.75, 3.05) is 0 Å². The minimum absolute atomic E-state index is 0.149. The summed E-state index contributed by atoms with van der Waals surface area (Å²) in [5, 5.41) is 30.7. The van der Waals surface area contributed by atoms with Crippen LogP contribution in [0.5, 0.6) is 0 Å². The highest BCUT2D eigenvalue weighted by Gasteiger charge is 2.50. The summed E-state index contributed by atoms with van der Waals surface area (Å²) in [5.41, 5.74) is 3.15. The fourth-order valence-corrected chi connectivity index (χ4v) is 6.91. The zero-order valence-corrected chi connectivity index (χ0v) is 20.5. The van der Waals surface area contributed by atoms with E-state index in [-0.39, 0.29) is 5.92 Å². The molecule has 0 aromatic carbocycles. The highest BCUT2D eigenvalue weighted by atomic mass is 16.3. The van der Waals surface area contributed by atoms with Gasteiger partial charge in [-0.3, -0.25) is 0 Å². The minimum Gasteiger partial charge on any atom is -0.392 e. The van der Waals surface area contributed by atoms with Gasteiger partial charge in [-0.25, -0.2) is 0 Å². The van der Waals surface area contributed by atoms with E-state index in [0.29, 0.717) is 23.7 Å². The molecule has 3 saturated carbocycles. The van der Waals surface area contributed by atoms with Gasteiger partial charge in [0, 0.05) is 5.92 Å². The molecule has 0 aromatic rings. The first kappa shape index (κ1) is 24.7. The third-order valence-corrected chi connectivity index (χ3v) is 8.97. The Morgan fingerprint density at radius 1 is 1.23 bits per heavy atom. The largest absolute Gasteiger partial charge is 0.392 e. The van der Waals surface area contributed by atoms with Gasteiger partial charge >= 0.3 is 0 Å². The smallest absolute Gasteiger partial charge is 0.0837 e. The molecular weight excluding hydrogens is 384 g/mol. The number of hydrogen-bond acceptors (Lipinski definition) is 3. The van der Waals surface area contributed by atoms with E-state index in [1.165, 1.54) is 32.1 Å². The molecule has 3 rings (SSSR count). The van der Waals surface area contributed by atoms with Crippen LogP contribution < -0.4 is 0 Å². The predicted octanol–water partition coefficient (Wildman–Crippen LogP) is 5.95. The number of aliphatic hydroxyl groups is 3. The van der Waals surface area contributed by atoms with Crippen molar-refractivity contribution in [3.05, 3.63) is 35.5 Å². The van der Waals surface area contributed by atoms with Crippen LogP contribution in [0.1, 0.15) is 92.4 Å². The average molecular weight is 431 g/mol. The molecule has 0 spiro atoms. The fourth-order valence-electron chi connectivity index (χ4n) is 6.91. The number of allylic oxidation sites excluding steroid dienone is 3. The SMILES string of the molecule is C=C1/C(=C\C=C2/CCC[C@]3(C)[C@@H]([C@H](C)CCCC(C)(C)O)CC[C@@H]23)C[C@H](O)[C@@H](C)[C@@H]1O. The van der Waals surface area contributed by atoms with Gasteiger partial charge in [0.1, 0.15) is 0 Å². The second-order valence-corrected chi connectivity index (χ2v) is 11.8. The Morgan fingerprint density at radius 2 is 1.94 bits per heavy atom. The average Bonchev–Trinajstić information content (AvgIpc) is 3.04. The molecule has 0 heterocycles. The van der Waals surface area contributed by atoms with Gasteiger partial charge in [0.2, 0.25) is 0 Å². The predicted molar refractivity (Wildman–Crippen MR) is 129 cm³/mol. The number of aliphatic hydroxyl groups excluding tert-OH is 2. The molecule has 3 aliphatic rings. The van der Waals surface area contributed by atoms with Gasteiger partial charge < -0.3 is 15.3 Å². The summed E-state index contributed by atoms with van der Waals surface area (Å²) in [4.78, 5) is 0. The summed E-state index contributed by atoms with van der Waals surface area (Å²) in [6.45, 7) is 14.8. The first-order valence-electron chi connectivity index (χ1n) is 12.6. The molecule has 7 atom stereocenters. The quantitative estimate of drug-likeness (QED) is 0.488. The summed E-state index contributed by atoms with van der Waals surface area (Å²) in [6, 6.07) is 0. The van der Waals surface area contributed by atoms with Crippen LogP contribution in [0.25, 0.3) is 0 Å². The summed E-state index contributed by atoms with van der Waals surface area (Å²) < 4.78 is 0. The summed E-state index contributed by atoms with van der Waals surface area (Å²) in [7, 11) is 0. The van der Waals surface area contributed by atoms with E-state index in [4.69, 9.17) is 0 Å². The molecule has 3 aliphatic carbocycles. The molecule has 0 aromatic heterocycles. The molecule has 0 bridgehead atoms. The van der Waals surface area contributed by atoms with Crippen LogP contribution in [-0.4, -0.2) is 33.1 Å². The van der Waals surface area contributed by atoms with Crippen molar-refractivity contribution in [1.29, 1.82) is 0 Å². The lowest BCUT2D eigenvalue weighted by atomic mass is 9.60. The van der Waals surface area contributed by atoms with Crippen LogP contribution in [0.2, 0.25) is 0 Å². The minimum atomic E-state index is -0.648. The molecule has 0 aliphatic heterocycles. The Hall–Kier alpha value is -0.900. The molecule has 176 valence electrons. The lowest BCUT2D eigenvalue weighted by Crippen LogP contribution is -2.36. The van der Waals surface area contributed by atoms with Crippen LogP contribution in [0.15, 0.2) is 35.5 Å². The van der Waals surface area contributed by atoms with Crippen molar-refractivity contribution in [3.63, 3.8) is 0 Å². The second-order valence-electron chi connectivity index (χ2n) is 11.8. The standard InChI is InChI=1S/C28H46O3/c1-18(9-7-15-27(4,5)31)23-13-14-24-21(10-8-16-28(23,24)6)11-12-22-17-25(29)20(3)26(30)19(22)2/h11-12,18,20,23-26,29-31H,2,7-10,13-17H2,1,3-6H3/b21-11+,22-12-/t18-,20-,23-,24+,25+,26-,28-/m1/s1. The number of rotatable bonds is 6. The fraction of sp³-hybridized carbons (Fsp3) is 0.786. The van der Waals surface area contributed by atoms with Crippen molar-refractivity contribution >= 4 is 0 Å². The summed E-state index contributed by atoms with van der Waals surface area (Å²) >= 11 is 0. The van der Waals surface area contributed by atoms with Crippen LogP contribution in [0, 0.1) is 29.1 Å². The maximum absolute atomic E-state index is 10.4. The Bertz CT molecular complexity index is 712. The van der Waals surface area contributed by atoms with Gasteiger partial charge in [-0.05, 0) is 93.1 Å². The summed E-state index contributed by atoms with van der Waals surface area (Å²) in [5.74, 6) is 1.94. The molecular formula is C28H46O3. The van der Waals surface area contributed by atoms with E-state index in [0.717, 1.165) is 36.3 Å². The van der Waals surface area contributed by atoms with Crippen molar-refractivity contribution in [2.45, 2.75) is 110 Å². The number of hydrogen-bond donors (Lipinski definition) is 3. The third-order valence-electron chi connectivity index (χ3n) is 8.97. The normalized spacial score (nSPS) is 40.4. The van der Waals surface area contributed by atoms with Gasteiger partial charge in [-0.15, -0.1) is 0 Å². The summed E-state index contributed by atoms with van der Waals surface area (Å²) in [6.07, 6.45) is 13.4. The van der Waals surface area contributed by atoms with Crippen LogP contribution in [0.3, 0.4) is 0 Å². The number of fused-ring (bicyclic) bond motifs is 1. The Morgan fingerprint density at radius 3 is 2.61 bits per heavy atom. The Balaban J connectivity index is 1.71. The molecule has 31 heavy (non-hydrogen) atoms. The monoisotopic (exact) mass is 430 g/mol. The van der Waals surface area contributed by atoms with Crippen LogP contribution in [0.4, 0.5) is 0 Å². The highest BCUT2D eigenvalue weighted by molar-refractivity contribution is 5.39. The zero-order chi connectivity index (χ0) is 23.0. The lowest BCUT2D eigenvalue weighted by molar-refractivity contribution is 0.0283. The van der Waals surface area contributed by atoms with E-state index < -0.39 is 17.8 Å². The van der Waals surface area contributed by atoms with Gasteiger partial charge in [-0.2, -0.15) is 0 Å². The van der Waals surface area contributed by atoms with E-state index in [2.05, 4.69) is 32.6 Å². The maximum atomic E-state index is 10.4. The maximum Gasteiger partial charge on any atom is 0.0837 e. The van der Waals surface area contributed by atoms with E-state index in [9.17, 15) is 15.3 Å². The van der Waals surface area contributed by atoms with E-state index >= 15 is 0 Å². The van der Waals surface area contributed by atoms with E-state index in [1.54, 1.807) is 5.57 Å². The molecule has 3 nitrogen and oxygen atoms in total.